The first-order chi connectivity index (χ1) is 19.3. The second-order valence-corrected chi connectivity index (χ2v) is 17.2. The third-order valence-corrected chi connectivity index (χ3v) is 8.75. The molecular formula is C27H48ClN5O8P2. The first-order valence-corrected chi connectivity index (χ1v) is 17.2. The number of hydrogen-bond donors (Lipinski definition) is 1. The van der Waals surface area contributed by atoms with Gasteiger partial charge in [0.2, 0.25) is 5.28 Å². The summed E-state index contributed by atoms with van der Waals surface area (Å²) >= 11 is 6.13. The van der Waals surface area contributed by atoms with E-state index in [1.807, 2.05) is 0 Å². The van der Waals surface area contributed by atoms with Gasteiger partial charge in [-0.1, -0.05) is 6.08 Å². The van der Waals surface area contributed by atoms with Crippen molar-refractivity contribution in [2.45, 2.75) is 112 Å². The zero-order valence-corrected chi connectivity index (χ0v) is 30.1. The Morgan fingerprint density at radius 3 is 1.60 bits per heavy atom. The Hall–Kier alpha value is -1.40. The molecule has 0 aromatic carbocycles. The number of halogens is 1. The number of nitrogens with one attached hydrogen (secondary N) is 1. The topological polar surface area (TPSA) is 145 Å². The van der Waals surface area contributed by atoms with Gasteiger partial charge in [-0.15, -0.1) is 0 Å². The van der Waals surface area contributed by atoms with Gasteiger partial charge < -0.3 is 9.88 Å². The molecule has 0 spiro atoms. The molecule has 1 N–H and O–H groups in total. The summed E-state index contributed by atoms with van der Waals surface area (Å²) in [6, 6.07) is 0. The smallest absolute Gasteiger partial charge is 0.371 e. The highest BCUT2D eigenvalue weighted by Gasteiger charge is 2.39. The zero-order valence-electron chi connectivity index (χ0n) is 27.6. The average Bonchev–Trinajstić information content (AvgIpc) is 3.15. The highest BCUT2D eigenvalue weighted by molar-refractivity contribution is 7.48. The average molecular weight is 668 g/mol. The molecule has 0 unspecified atom stereocenters. The Labute approximate surface area is 260 Å². The van der Waals surface area contributed by atoms with E-state index in [0.29, 0.717) is 22.6 Å². The molecule has 0 bridgehead atoms. The van der Waals surface area contributed by atoms with Crippen LogP contribution in [0.1, 0.15) is 83.1 Å². The largest absolute Gasteiger partial charge is 0.476 e. The van der Waals surface area contributed by atoms with Crippen molar-refractivity contribution in [1.29, 1.82) is 0 Å². The monoisotopic (exact) mass is 667 g/mol. The minimum absolute atomic E-state index is 0.0497. The van der Waals surface area contributed by atoms with E-state index in [-0.39, 0.29) is 25.0 Å². The molecule has 0 saturated heterocycles. The lowest BCUT2D eigenvalue weighted by Crippen LogP contribution is -2.26. The second-order valence-electron chi connectivity index (χ2n) is 13.8. The van der Waals surface area contributed by atoms with Crippen molar-refractivity contribution in [3.63, 3.8) is 0 Å². The fraction of sp³-hybridized carbons (Fsp3) is 0.741. The van der Waals surface area contributed by atoms with E-state index in [1.165, 1.54) is 0 Å². The van der Waals surface area contributed by atoms with Crippen LogP contribution in [0.15, 0.2) is 18.0 Å². The number of nitrogens with zero attached hydrogens (tertiary/aromatic N) is 4. The summed E-state index contributed by atoms with van der Waals surface area (Å²) in [5, 5.41) is 3.00. The molecule has 16 heteroatoms. The number of anilines is 1. The highest BCUT2D eigenvalue weighted by atomic mass is 35.5. The molecule has 13 nitrogen and oxygen atoms in total. The van der Waals surface area contributed by atoms with Crippen molar-refractivity contribution in [2.24, 2.45) is 0 Å². The van der Waals surface area contributed by atoms with E-state index < -0.39 is 38.0 Å². The number of rotatable bonds is 13. The third kappa shape index (κ3) is 13.6. The van der Waals surface area contributed by atoms with Crippen molar-refractivity contribution in [2.75, 3.05) is 25.6 Å². The molecular weight excluding hydrogens is 620 g/mol. The molecule has 0 atom stereocenters. The summed E-state index contributed by atoms with van der Waals surface area (Å²) in [5.41, 5.74) is -1.89. The number of aromatic nitrogens is 4. The maximum Gasteiger partial charge on any atom is 0.476 e. The highest BCUT2D eigenvalue weighted by Crippen LogP contribution is 2.57. The van der Waals surface area contributed by atoms with Crippen LogP contribution in [-0.2, 0) is 42.8 Å². The lowest BCUT2D eigenvalue weighted by atomic mass is 10.2. The second kappa shape index (κ2) is 13.9. The molecule has 0 aliphatic carbocycles. The fourth-order valence-corrected chi connectivity index (χ4v) is 7.20. The Morgan fingerprint density at radius 1 is 0.814 bits per heavy atom. The van der Waals surface area contributed by atoms with Gasteiger partial charge in [0.05, 0.1) is 41.9 Å². The van der Waals surface area contributed by atoms with Crippen LogP contribution in [0, 0.1) is 0 Å². The number of phosphoric acid groups is 2. The summed E-state index contributed by atoms with van der Waals surface area (Å²) in [6.07, 6.45) is 3.33. The predicted molar refractivity (Wildman–Crippen MR) is 168 cm³/mol. The van der Waals surface area contributed by atoms with Crippen LogP contribution in [0.3, 0.4) is 0 Å². The quantitative estimate of drug-likeness (QED) is 0.126. The number of phosphoric ester groups is 2. The van der Waals surface area contributed by atoms with Crippen LogP contribution in [0.25, 0.3) is 11.2 Å². The lowest BCUT2D eigenvalue weighted by molar-refractivity contribution is 0.00241. The van der Waals surface area contributed by atoms with Crippen LogP contribution in [-0.4, -0.2) is 62.2 Å². The molecule has 0 fully saturated rings. The van der Waals surface area contributed by atoms with E-state index in [2.05, 4.69) is 20.3 Å². The first kappa shape index (κ1) is 37.8. The van der Waals surface area contributed by atoms with Crippen LogP contribution in [0.5, 0.6) is 0 Å². The van der Waals surface area contributed by atoms with Gasteiger partial charge in [0.15, 0.2) is 17.0 Å². The van der Waals surface area contributed by atoms with Gasteiger partial charge in [0, 0.05) is 13.6 Å². The minimum atomic E-state index is -4.08. The molecule has 2 aromatic heterocycles. The van der Waals surface area contributed by atoms with Crippen LogP contribution >= 0.6 is 27.2 Å². The van der Waals surface area contributed by atoms with Crippen molar-refractivity contribution >= 4 is 44.2 Å². The Kier molecular flexibility index (Phi) is 12.2. The standard InChI is InChI=1S/C27H48ClN5O8P2/c1-24(2,3)38-42(34,39-25(4,5)6)36-16-19(17-37-43(35,40-26(7,8)9)41-27(10,11)12)14-15-33-18-30-20-21(29-13)31-23(28)32-22(20)33/h14,18H,15-17H2,1-13H3,(H,29,31,32). The molecule has 0 aliphatic rings. The number of fused-ring (bicyclic) bond motifs is 1. The third-order valence-electron chi connectivity index (χ3n) is 4.61. The van der Waals surface area contributed by atoms with Crippen molar-refractivity contribution in [3.05, 3.63) is 23.3 Å². The van der Waals surface area contributed by atoms with Gasteiger partial charge in [-0.2, -0.15) is 9.97 Å². The molecule has 43 heavy (non-hydrogen) atoms. The van der Waals surface area contributed by atoms with Gasteiger partial charge in [0.25, 0.3) is 0 Å². The summed E-state index contributed by atoms with van der Waals surface area (Å²) < 4.78 is 63.9. The van der Waals surface area contributed by atoms with Crippen molar-refractivity contribution < 1.29 is 36.3 Å². The SMILES string of the molecule is CNc1nc(Cl)nc2c1ncn2CC=C(COP(=O)(OC(C)(C)C)OC(C)(C)C)COP(=O)(OC(C)(C)C)OC(C)(C)C. The molecule has 0 radical (unpaired) electrons. The van der Waals surface area contributed by atoms with E-state index in [0.717, 1.165) is 0 Å². The van der Waals surface area contributed by atoms with Crippen molar-refractivity contribution in [3.8, 4) is 0 Å². The summed E-state index contributed by atoms with van der Waals surface area (Å²) in [7, 11) is -6.45. The first-order valence-electron chi connectivity index (χ1n) is 13.9. The number of imidazole rings is 1. The normalized spacial score (nSPS) is 13.9. The molecule has 2 rings (SSSR count). The number of hydrogen-bond acceptors (Lipinski definition) is 12. The number of allylic oxidation sites excluding steroid dienone is 1. The van der Waals surface area contributed by atoms with Crippen LogP contribution in [0.4, 0.5) is 5.82 Å². The Balaban J connectivity index is 2.47. The van der Waals surface area contributed by atoms with Gasteiger partial charge in [-0.3, -0.25) is 27.1 Å². The fourth-order valence-electron chi connectivity index (χ4n) is 3.42. The molecule has 2 heterocycles. The summed E-state index contributed by atoms with van der Waals surface area (Å²) in [6.45, 7) is 20.7. The molecule has 0 amide bonds. The van der Waals surface area contributed by atoms with Crippen LogP contribution in [0.2, 0.25) is 5.28 Å². The van der Waals surface area contributed by atoms with Gasteiger partial charge in [-0.05, 0) is 100 Å². The van der Waals surface area contributed by atoms with E-state index in [1.54, 1.807) is 107 Å². The lowest BCUT2D eigenvalue weighted by Gasteiger charge is -2.32. The van der Waals surface area contributed by atoms with E-state index >= 15 is 0 Å². The molecule has 2 aromatic rings. The van der Waals surface area contributed by atoms with E-state index in [9.17, 15) is 9.13 Å². The Morgan fingerprint density at radius 2 is 1.23 bits per heavy atom. The Bertz CT molecular complexity index is 1270. The van der Waals surface area contributed by atoms with Gasteiger partial charge in [0.1, 0.15) is 0 Å². The van der Waals surface area contributed by atoms with Gasteiger partial charge >= 0.3 is 15.6 Å². The van der Waals surface area contributed by atoms with Crippen molar-refractivity contribution in [1.82, 2.24) is 19.5 Å². The molecule has 0 saturated carbocycles. The molecule has 246 valence electrons. The molecule has 0 aliphatic heterocycles. The maximum atomic E-state index is 13.7. The predicted octanol–water partition coefficient (Wildman–Crippen LogP) is 7.96. The van der Waals surface area contributed by atoms with Crippen LogP contribution < -0.4 is 5.32 Å². The zero-order chi connectivity index (χ0) is 33.1. The summed E-state index contributed by atoms with van der Waals surface area (Å²) in [5.74, 6) is 0.476. The van der Waals surface area contributed by atoms with E-state index in [4.69, 9.17) is 38.7 Å². The minimum Gasteiger partial charge on any atom is -0.371 e. The van der Waals surface area contributed by atoms with Gasteiger partial charge in [-0.25, -0.2) is 14.1 Å². The summed E-state index contributed by atoms with van der Waals surface area (Å²) in [4.78, 5) is 12.9. The maximum absolute atomic E-state index is 13.7.